The minimum Gasteiger partial charge on any atom is -0.484 e. The van der Waals surface area contributed by atoms with Crippen LogP contribution in [0.3, 0.4) is 0 Å². The monoisotopic (exact) mass is 458 g/mol. The van der Waals surface area contributed by atoms with Crippen molar-refractivity contribution < 1.29 is 23.8 Å². The number of amides is 2. The molecule has 2 amide bonds. The highest BCUT2D eigenvalue weighted by molar-refractivity contribution is 8.01. The lowest BCUT2D eigenvalue weighted by Crippen LogP contribution is -2.24. The van der Waals surface area contributed by atoms with E-state index in [0.717, 1.165) is 5.56 Å². The van der Waals surface area contributed by atoms with E-state index in [1.165, 1.54) is 23.1 Å². The third-order valence-corrected chi connectivity index (χ3v) is 5.99. The topological polar surface area (TPSA) is 112 Å². The van der Waals surface area contributed by atoms with Crippen LogP contribution >= 0.6 is 23.1 Å². The number of anilines is 1. The quantitative estimate of drug-likeness (QED) is 0.372. The molecule has 0 saturated carbocycles. The highest BCUT2D eigenvalue weighted by Crippen LogP contribution is 2.32. The van der Waals surface area contributed by atoms with Crippen molar-refractivity contribution in [1.29, 1.82) is 0 Å². The molecule has 1 aliphatic rings. The zero-order chi connectivity index (χ0) is 21.5. The molecule has 0 unspecified atom stereocenters. The summed E-state index contributed by atoms with van der Waals surface area (Å²) in [7, 11) is 0. The van der Waals surface area contributed by atoms with E-state index in [4.69, 9.17) is 14.2 Å². The fourth-order valence-corrected chi connectivity index (χ4v) is 4.17. The summed E-state index contributed by atoms with van der Waals surface area (Å²) < 4.78 is 16.6. The molecule has 2 heterocycles. The SMILES string of the molecule is O=C(CSc1nnc(NC(=O)COc2ccccc2)s1)NCc1ccc2c(c1)OCO2. The molecule has 3 aromatic rings. The van der Waals surface area contributed by atoms with E-state index in [2.05, 4.69) is 20.8 Å². The average Bonchev–Trinajstić information content (AvgIpc) is 3.44. The second-order valence-corrected chi connectivity index (χ2v) is 8.48. The molecule has 0 spiro atoms. The van der Waals surface area contributed by atoms with Gasteiger partial charge in [-0.2, -0.15) is 0 Å². The highest BCUT2D eigenvalue weighted by atomic mass is 32.2. The zero-order valence-electron chi connectivity index (χ0n) is 16.2. The summed E-state index contributed by atoms with van der Waals surface area (Å²) >= 11 is 2.44. The number of para-hydroxylation sites is 1. The van der Waals surface area contributed by atoms with Gasteiger partial charge in [-0.1, -0.05) is 47.4 Å². The van der Waals surface area contributed by atoms with Crippen molar-refractivity contribution in [1.82, 2.24) is 15.5 Å². The molecule has 0 radical (unpaired) electrons. The van der Waals surface area contributed by atoms with Crippen molar-refractivity contribution in [2.75, 3.05) is 24.5 Å². The van der Waals surface area contributed by atoms with Gasteiger partial charge in [-0.25, -0.2) is 0 Å². The van der Waals surface area contributed by atoms with Crippen molar-refractivity contribution in [2.24, 2.45) is 0 Å². The summed E-state index contributed by atoms with van der Waals surface area (Å²) in [5, 5.41) is 13.7. The van der Waals surface area contributed by atoms with Crippen LogP contribution in [0.4, 0.5) is 5.13 Å². The van der Waals surface area contributed by atoms with Crippen LogP contribution < -0.4 is 24.8 Å². The van der Waals surface area contributed by atoms with E-state index >= 15 is 0 Å². The first-order valence-electron chi connectivity index (χ1n) is 9.25. The van der Waals surface area contributed by atoms with E-state index in [9.17, 15) is 9.59 Å². The molecule has 2 N–H and O–H groups in total. The van der Waals surface area contributed by atoms with E-state index in [0.29, 0.717) is 33.3 Å². The van der Waals surface area contributed by atoms with Gasteiger partial charge in [0.15, 0.2) is 22.4 Å². The minimum absolute atomic E-state index is 0.131. The van der Waals surface area contributed by atoms with Gasteiger partial charge >= 0.3 is 0 Å². The Labute approximate surface area is 186 Å². The van der Waals surface area contributed by atoms with E-state index in [-0.39, 0.29) is 31.0 Å². The Morgan fingerprint density at radius 1 is 1.06 bits per heavy atom. The maximum atomic E-state index is 12.1. The standard InChI is InChI=1S/C20H18N4O5S2/c25-17(10-27-14-4-2-1-3-5-14)22-19-23-24-20(31-19)30-11-18(26)21-9-13-6-7-15-16(8-13)29-12-28-15/h1-8H,9-12H2,(H,21,26)(H,22,23,25). The second kappa shape index (κ2) is 10.1. The number of nitrogens with one attached hydrogen (secondary N) is 2. The van der Waals surface area contributed by atoms with Crippen LogP contribution in [0.25, 0.3) is 0 Å². The molecule has 1 aliphatic heterocycles. The normalized spacial score (nSPS) is 11.7. The summed E-state index contributed by atoms with van der Waals surface area (Å²) in [6.07, 6.45) is 0. The number of carbonyl (C=O) groups excluding carboxylic acids is 2. The van der Waals surface area contributed by atoms with Gasteiger partial charge in [0.05, 0.1) is 5.75 Å². The van der Waals surface area contributed by atoms with Crippen LogP contribution in [0, 0.1) is 0 Å². The first-order valence-corrected chi connectivity index (χ1v) is 11.0. The van der Waals surface area contributed by atoms with Gasteiger partial charge in [-0.15, -0.1) is 10.2 Å². The number of aromatic nitrogens is 2. The fraction of sp³-hybridized carbons (Fsp3) is 0.200. The van der Waals surface area contributed by atoms with E-state index < -0.39 is 0 Å². The van der Waals surface area contributed by atoms with Gasteiger partial charge < -0.3 is 19.5 Å². The first-order chi connectivity index (χ1) is 15.2. The number of thioether (sulfide) groups is 1. The fourth-order valence-electron chi connectivity index (χ4n) is 2.57. The van der Waals surface area contributed by atoms with Crippen LogP contribution in [0.1, 0.15) is 5.56 Å². The van der Waals surface area contributed by atoms with Crippen molar-refractivity contribution in [3.05, 3.63) is 54.1 Å². The van der Waals surface area contributed by atoms with Gasteiger partial charge in [-0.3, -0.25) is 14.9 Å². The molecular weight excluding hydrogens is 440 g/mol. The lowest BCUT2D eigenvalue weighted by Gasteiger charge is -2.05. The molecule has 0 aliphatic carbocycles. The van der Waals surface area contributed by atoms with Gasteiger partial charge in [0, 0.05) is 6.54 Å². The van der Waals surface area contributed by atoms with Crippen molar-refractivity contribution in [2.45, 2.75) is 10.9 Å². The van der Waals surface area contributed by atoms with Crippen LogP contribution in [0.5, 0.6) is 17.2 Å². The summed E-state index contributed by atoms with van der Waals surface area (Å²) in [6.45, 7) is 0.468. The number of carbonyl (C=O) groups is 2. The molecule has 4 rings (SSSR count). The molecule has 1 aromatic heterocycles. The third kappa shape index (κ3) is 6.09. The molecular formula is C20H18N4O5S2. The number of nitrogens with zero attached hydrogens (tertiary/aromatic N) is 2. The first kappa shape index (κ1) is 20.9. The predicted octanol–water partition coefficient (Wildman–Crippen LogP) is 2.69. The minimum atomic E-state index is -0.335. The number of hydrogen-bond donors (Lipinski definition) is 2. The van der Waals surface area contributed by atoms with E-state index in [1.807, 2.05) is 36.4 Å². The van der Waals surface area contributed by atoms with Crippen LogP contribution in [0.15, 0.2) is 52.9 Å². The maximum Gasteiger partial charge on any atom is 0.264 e. The third-order valence-electron chi connectivity index (χ3n) is 4.02. The number of ether oxygens (including phenoxy) is 3. The molecule has 160 valence electrons. The smallest absolute Gasteiger partial charge is 0.264 e. The summed E-state index contributed by atoms with van der Waals surface area (Å²) in [6, 6.07) is 14.6. The molecule has 2 aromatic carbocycles. The summed E-state index contributed by atoms with van der Waals surface area (Å²) in [5.74, 6) is 1.70. The van der Waals surface area contributed by atoms with Gasteiger partial charge in [0.25, 0.3) is 5.91 Å². The maximum absolute atomic E-state index is 12.1. The Morgan fingerprint density at radius 2 is 1.90 bits per heavy atom. The molecule has 0 bridgehead atoms. The Bertz CT molecular complexity index is 1060. The second-order valence-electron chi connectivity index (χ2n) is 6.28. The van der Waals surface area contributed by atoms with Crippen molar-refractivity contribution in [3.63, 3.8) is 0 Å². The number of rotatable bonds is 9. The van der Waals surface area contributed by atoms with E-state index in [1.54, 1.807) is 12.1 Å². The molecule has 0 saturated heterocycles. The lowest BCUT2D eigenvalue weighted by molar-refractivity contribution is -0.119. The highest BCUT2D eigenvalue weighted by Gasteiger charge is 2.14. The Morgan fingerprint density at radius 3 is 2.77 bits per heavy atom. The lowest BCUT2D eigenvalue weighted by atomic mass is 10.2. The van der Waals surface area contributed by atoms with Gasteiger partial charge in [0.2, 0.25) is 17.8 Å². The van der Waals surface area contributed by atoms with Crippen molar-refractivity contribution >= 4 is 40.0 Å². The molecule has 31 heavy (non-hydrogen) atoms. The summed E-state index contributed by atoms with van der Waals surface area (Å²) in [5.41, 5.74) is 0.918. The Kier molecular flexibility index (Phi) is 6.85. The summed E-state index contributed by atoms with van der Waals surface area (Å²) in [4.78, 5) is 24.1. The van der Waals surface area contributed by atoms with Gasteiger partial charge in [0.1, 0.15) is 5.75 Å². The zero-order valence-corrected chi connectivity index (χ0v) is 17.8. The number of benzene rings is 2. The number of fused-ring (bicyclic) bond motifs is 1. The molecule has 0 fully saturated rings. The molecule has 0 atom stereocenters. The number of hydrogen-bond acceptors (Lipinski definition) is 9. The molecule has 11 heteroatoms. The van der Waals surface area contributed by atoms with Crippen LogP contribution in [-0.2, 0) is 16.1 Å². The van der Waals surface area contributed by atoms with Crippen molar-refractivity contribution in [3.8, 4) is 17.2 Å². The Hall–Kier alpha value is -3.31. The average molecular weight is 459 g/mol. The largest absolute Gasteiger partial charge is 0.484 e. The van der Waals surface area contributed by atoms with Gasteiger partial charge in [-0.05, 0) is 29.8 Å². The Balaban J connectivity index is 1.17. The van der Waals surface area contributed by atoms with Crippen LogP contribution in [0.2, 0.25) is 0 Å². The predicted molar refractivity (Wildman–Crippen MR) is 116 cm³/mol. The van der Waals surface area contributed by atoms with Crippen LogP contribution in [-0.4, -0.2) is 41.2 Å². The molecule has 9 nitrogen and oxygen atoms in total.